The molecule has 37 heavy (non-hydrogen) atoms. The Morgan fingerprint density at radius 2 is 1.68 bits per heavy atom. The van der Waals surface area contributed by atoms with Crippen LogP contribution in [0.1, 0.15) is 54.2 Å². The van der Waals surface area contributed by atoms with Crippen molar-refractivity contribution >= 4 is 23.4 Å². The second-order valence-electron chi connectivity index (χ2n) is 9.11. The van der Waals surface area contributed by atoms with Gasteiger partial charge in [-0.2, -0.15) is 18.3 Å². The standard InChI is InChI=1S/C26H22F4N4O3/c27-15-9-11-16(12-10-15)33-23(35)14-21(25(33)37)31-24(36)20-13-22(34(32-20)17-5-1-2-6-17)18-7-3-4-8-19(18)26(28,29)30/h3-4,7-13,17,21H,1-2,5-6,14H2,(H,31,36)/t21-/m1/s1. The fraction of sp³-hybridized carbons (Fsp3) is 0.308. The number of carbonyl (C=O) groups excluding carboxylic acids is 3. The van der Waals surface area contributed by atoms with E-state index in [9.17, 15) is 31.9 Å². The molecule has 1 aromatic heterocycles. The summed E-state index contributed by atoms with van der Waals surface area (Å²) in [5, 5.41) is 6.84. The van der Waals surface area contributed by atoms with Gasteiger partial charge in [-0.05, 0) is 49.2 Å². The summed E-state index contributed by atoms with van der Waals surface area (Å²) in [6, 6.07) is 9.82. The maximum absolute atomic E-state index is 13.8. The first-order valence-electron chi connectivity index (χ1n) is 11.8. The normalized spacial score (nSPS) is 18.6. The monoisotopic (exact) mass is 514 g/mol. The van der Waals surface area contributed by atoms with E-state index >= 15 is 0 Å². The highest BCUT2D eigenvalue weighted by atomic mass is 19.4. The molecule has 3 amide bonds. The smallest absolute Gasteiger partial charge is 0.338 e. The number of amides is 3. The van der Waals surface area contributed by atoms with Crippen LogP contribution in [-0.4, -0.2) is 33.5 Å². The van der Waals surface area contributed by atoms with E-state index in [1.165, 1.54) is 41.1 Å². The molecule has 192 valence electrons. The molecule has 11 heteroatoms. The number of alkyl halides is 3. The molecule has 2 fully saturated rings. The molecule has 2 aromatic carbocycles. The molecule has 1 aliphatic carbocycles. The fourth-order valence-corrected chi connectivity index (χ4v) is 4.93. The number of rotatable bonds is 5. The Morgan fingerprint density at radius 3 is 2.35 bits per heavy atom. The van der Waals surface area contributed by atoms with Crippen LogP contribution in [0, 0.1) is 5.82 Å². The second-order valence-corrected chi connectivity index (χ2v) is 9.11. The number of anilines is 1. The lowest BCUT2D eigenvalue weighted by atomic mass is 10.0. The molecule has 0 bridgehead atoms. The van der Waals surface area contributed by atoms with Crippen LogP contribution in [0.3, 0.4) is 0 Å². The Balaban J connectivity index is 1.44. The summed E-state index contributed by atoms with van der Waals surface area (Å²) in [7, 11) is 0. The highest BCUT2D eigenvalue weighted by molar-refractivity contribution is 6.23. The third-order valence-electron chi connectivity index (χ3n) is 6.68. The van der Waals surface area contributed by atoms with Crippen molar-refractivity contribution in [1.82, 2.24) is 15.1 Å². The van der Waals surface area contributed by atoms with Crippen molar-refractivity contribution in [2.75, 3.05) is 4.90 Å². The van der Waals surface area contributed by atoms with Crippen LogP contribution in [-0.2, 0) is 15.8 Å². The summed E-state index contributed by atoms with van der Waals surface area (Å²) in [6.07, 6.45) is -1.70. The van der Waals surface area contributed by atoms with E-state index in [2.05, 4.69) is 10.4 Å². The third kappa shape index (κ3) is 4.73. The molecule has 5 rings (SSSR count). The van der Waals surface area contributed by atoms with E-state index in [-0.39, 0.29) is 35.1 Å². The van der Waals surface area contributed by atoms with Crippen molar-refractivity contribution < 1.29 is 31.9 Å². The average molecular weight is 514 g/mol. The minimum absolute atomic E-state index is 0.0944. The van der Waals surface area contributed by atoms with Crippen LogP contribution in [0.15, 0.2) is 54.6 Å². The summed E-state index contributed by atoms with van der Waals surface area (Å²) in [5.74, 6) is -2.58. The minimum Gasteiger partial charge on any atom is -0.338 e. The van der Waals surface area contributed by atoms with Crippen molar-refractivity contribution in [2.24, 2.45) is 0 Å². The van der Waals surface area contributed by atoms with Gasteiger partial charge in [-0.1, -0.05) is 31.0 Å². The molecule has 0 radical (unpaired) electrons. The van der Waals surface area contributed by atoms with E-state index in [0.717, 1.165) is 35.9 Å². The molecule has 2 heterocycles. The number of aromatic nitrogens is 2. The van der Waals surface area contributed by atoms with Gasteiger partial charge in [-0.25, -0.2) is 9.29 Å². The number of benzene rings is 2. The minimum atomic E-state index is -4.61. The number of hydrogen-bond acceptors (Lipinski definition) is 4. The van der Waals surface area contributed by atoms with Crippen molar-refractivity contribution in [3.63, 3.8) is 0 Å². The Kier molecular flexibility index (Phi) is 6.30. The zero-order valence-corrected chi connectivity index (χ0v) is 19.5. The van der Waals surface area contributed by atoms with Gasteiger partial charge < -0.3 is 5.32 Å². The molecule has 1 atom stereocenters. The molecule has 0 spiro atoms. The summed E-state index contributed by atoms with van der Waals surface area (Å²) < 4.78 is 56.0. The van der Waals surface area contributed by atoms with Crippen LogP contribution in [0.4, 0.5) is 23.2 Å². The summed E-state index contributed by atoms with van der Waals surface area (Å²) >= 11 is 0. The lowest BCUT2D eigenvalue weighted by Crippen LogP contribution is -2.42. The Bertz CT molecular complexity index is 1360. The molecule has 1 saturated carbocycles. The van der Waals surface area contributed by atoms with E-state index in [1.54, 1.807) is 0 Å². The molecular formula is C26H22F4N4O3. The first-order valence-corrected chi connectivity index (χ1v) is 11.8. The lowest BCUT2D eigenvalue weighted by molar-refractivity contribution is -0.137. The maximum Gasteiger partial charge on any atom is 0.417 e. The number of hydrogen-bond donors (Lipinski definition) is 1. The van der Waals surface area contributed by atoms with Gasteiger partial charge in [0.2, 0.25) is 5.91 Å². The number of imide groups is 1. The van der Waals surface area contributed by atoms with Crippen molar-refractivity contribution in [3.8, 4) is 11.3 Å². The molecule has 2 aliphatic rings. The van der Waals surface area contributed by atoms with Gasteiger partial charge in [0.1, 0.15) is 11.9 Å². The summed E-state index contributed by atoms with van der Waals surface area (Å²) in [4.78, 5) is 39.3. The Morgan fingerprint density at radius 1 is 1.00 bits per heavy atom. The zero-order chi connectivity index (χ0) is 26.3. The predicted molar refractivity (Wildman–Crippen MR) is 125 cm³/mol. The maximum atomic E-state index is 13.8. The van der Waals surface area contributed by atoms with Crippen molar-refractivity contribution in [2.45, 2.75) is 50.4 Å². The van der Waals surface area contributed by atoms with E-state index in [4.69, 9.17) is 0 Å². The SMILES string of the molecule is O=C(N[C@@H]1CC(=O)N(c2ccc(F)cc2)C1=O)c1cc(-c2ccccc2C(F)(F)F)n(C2CCCC2)n1. The van der Waals surface area contributed by atoms with E-state index in [0.29, 0.717) is 12.8 Å². The van der Waals surface area contributed by atoms with Gasteiger partial charge in [-0.15, -0.1) is 0 Å². The zero-order valence-electron chi connectivity index (χ0n) is 19.5. The molecule has 0 unspecified atom stereocenters. The Hall–Kier alpha value is -4.02. The third-order valence-corrected chi connectivity index (χ3v) is 6.68. The highest BCUT2D eigenvalue weighted by Crippen LogP contribution is 2.40. The topological polar surface area (TPSA) is 84.3 Å². The average Bonchev–Trinajstić information content (AvgIpc) is 3.59. The molecule has 1 N–H and O–H groups in total. The van der Waals surface area contributed by atoms with Crippen LogP contribution in [0.25, 0.3) is 11.3 Å². The molecular weight excluding hydrogens is 492 g/mol. The first-order chi connectivity index (χ1) is 17.6. The van der Waals surface area contributed by atoms with Crippen LogP contribution < -0.4 is 10.2 Å². The van der Waals surface area contributed by atoms with Crippen LogP contribution in [0.2, 0.25) is 0 Å². The number of nitrogens with zero attached hydrogens (tertiary/aromatic N) is 3. The first kappa shape index (κ1) is 24.7. The van der Waals surface area contributed by atoms with Crippen LogP contribution in [0.5, 0.6) is 0 Å². The van der Waals surface area contributed by atoms with Gasteiger partial charge in [0.05, 0.1) is 29.4 Å². The second kappa shape index (κ2) is 9.45. The highest BCUT2D eigenvalue weighted by Gasteiger charge is 2.41. The van der Waals surface area contributed by atoms with E-state index < -0.39 is 41.3 Å². The number of halogens is 4. The lowest BCUT2D eigenvalue weighted by Gasteiger charge is -2.17. The number of carbonyl (C=O) groups is 3. The van der Waals surface area contributed by atoms with Crippen molar-refractivity contribution in [3.05, 3.63) is 71.7 Å². The molecule has 1 aliphatic heterocycles. The molecule has 7 nitrogen and oxygen atoms in total. The largest absolute Gasteiger partial charge is 0.417 e. The quantitative estimate of drug-likeness (QED) is 0.389. The van der Waals surface area contributed by atoms with Gasteiger partial charge >= 0.3 is 6.18 Å². The summed E-state index contributed by atoms with van der Waals surface area (Å²) in [5.41, 5.74) is -0.758. The van der Waals surface area contributed by atoms with Gasteiger partial charge in [-0.3, -0.25) is 19.1 Å². The Labute approximate surface area is 209 Å². The van der Waals surface area contributed by atoms with Gasteiger partial charge in [0, 0.05) is 5.56 Å². The predicted octanol–water partition coefficient (Wildman–Crippen LogP) is 4.89. The van der Waals surface area contributed by atoms with Gasteiger partial charge in [0.25, 0.3) is 11.8 Å². The van der Waals surface area contributed by atoms with Crippen molar-refractivity contribution in [1.29, 1.82) is 0 Å². The number of nitrogens with one attached hydrogen (secondary N) is 1. The molecule has 3 aromatic rings. The fourth-order valence-electron chi connectivity index (χ4n) is 4.93. The van der Waals surface area contributed by atoms with E-state index in [1.807, 2.05) is 0 Å². The van der Waals surface area contributed by atoms with Crippen LogP contribution >= 0.6 is 0 Å². The molecule has 1 saturated heterocycles. The van der Waals surface area contributed by atoms with Gasteiger partial charge in [0.15, 0.2) is 5.69 Å². The summed E-state index contributed by atoms with van der Waals surface area (Å²) in [6.45, 7) is 0.